The lowest BCUT2D eigenvalue weighted by atomic mass is 10.2. The van der Waals surface area contributed by atoms with Gasteiger partial charge in [0.2, 0.25) is 0 Å². The number of thioether (sulfide) groups is 1. The molecule has 1 aliphatic rings. The molecule has 7 nitrogen and oxygen atoms in total. The highest BCUT2D eigenvalue weighted by molar-refractivity contribution is 9.10. The number of amidine groups is 1. The molecular formula is C24H20BrN3O4S. The Hall–Kier alpha value is -3.30. The summed E-state index contributed by atoms with van der Waals surface area (Å²) in [7, 11) is 3.16. The third-order valence-corrected chi connectivity index (χ3v) is 6.23. The standard InChI is InChI=1S/C24H20BrN3O4S/c1-30-20-10-7-17(12-21(20)31-2)14-26-27-24-28(15-19-4-3-11-32-19)23(29)22(33-24)13-16-5-8-18(25)9-6-16/h3-14H,15H2,1-2H3/b22-13-,26-14+,27-24-. The van der Waals surface area contributed by atoms with Crippen molar-refractivity contribution in [1.29, 1.82) is 0 Å². The second-order valence-electron chi connectivity index (χ2n) is 6.87. The van der Waals surface area contributed by atoms with Gasteiger partial charge in [0.1, 0.15) is 5.76 Å². The average molecular weight is 526 g/mol. The fraction of sp³-hybridized carbons (Fsp3) is 0.125. The van der Waals surface area contributed by atoms with Gasteiger partial charge in [-0.3, -0.25) is 9.69 Å². The van der Waals surface area contributed by atoms with Crippen LogP contribution in [0.15, 0.2) is 84.9 Å². The van der Waals surface area contributed by atoms with Crippen molar-refractivity contribution in [2.75, 3.05) is 14.2 Å². The first-order valence-electron chi connectivity index (χ1n) is 9.90. The topological polar surface area (TPSA) is 76.6 Å². The van der Waals surface area contributed by atoms with Gasteiger partial charge in [-0.05, 0) is 71.4 Å². The van der Waals surface area contributed by atoms with Crippen LogP contribution in [0.2, 0.25) is 0 Å². The van der Waals surface area contributed by atoms with E-state index in [0.717, 1.165) is 15.6 Å². The molecule has 168 valence electrons. The Bertz CT molecular complexity index is 1220. The Morgan fingerprint density at radius 1 is 1.06 bits per heavy atom. The lowest BCUT2D eigenvalue weighted by Gasteiger charge is -2.12. The van der Waals surface area contributed by atoms with E-state index in [-0.39, 0.29) is 12.5 Å². The van der Waals surface area contributed by atoms with Gasteiger partial charge in [0.05, 0.1) is 38.1 Å². The van der Waals surface area contributed by atoms with E-state index in [1.165, 1.54) is 11.8 Å². The molecule has 0 aliphatic carbocycles. The maximum absolute atomic E-state index is 13.1. The summed E-state index contributed by atoms with van der Waals surface area (Å²) in [5.41, 5.74) is 1.71. The van der Waals surface area contributed by atoms with E-state index >= 15 is 0 Å². The lowest BCUT2D eigenvalue weighted by molar-refractivity contribution is -0.122. The molecular weight excluding hydrogens is 506 g/mol. The van der Waals surface area contributed by atoms with Gasteiger partial charge in [-0.15, -0.1) is 5.10 Å². The fourth-order valence-electron chi connectivity index (χ4n) is 3.07. The number of hydrogen-bond donors (Lipinski definition) is 0. The summed E-state index contributed by atoms with van der Waals surface area (Å²) >= 11 is 4.70. The van der Waals surface area contributed by atoms with E-state index in [1.807, 2.05) is 42.5 Å². The van der Waals surface area contributed by atoms with Crippen LogP contribution >= 0.6 is 27.7 Å². The average Bonchev–Trinajstić information content (AvgIpc) is 3.44. The highest BCUT2D eigenvalue weighted by Gasteiger charge is 2.34. The molecule has 0 atom stereocenters. The monoisotopic (exact) mass is 525 g/mol. The summed E-state index contributed by atoms with van der Waals surface area (Å²) in [4.78, 5) is 15.2. The minimum atomic E-state index is -0.153. The van der Waals surface area contributed by atoms with Crippen LogP contribution in [-0.4, -0.2) is 36.4 Å². The number of carbonyl (C=O) groups is 1. The number of nitrogens with zero attached hydrogens (tertiary/aromatic N) is 3. The SMILES string of the molecule is COc1ccc(/C=N/N=C2\S/C(=C\c3ccc(Br)cc3)C(=O)N2Cc2ccco2)cc1OC. The molecule has 9 heteroatoms. The van der Waals surface area contributed by atoms with Crippen LogP contribution in [0.3, 0.4) is 0 Å². The van der Waals surface area contributed by atoms with Gasteiger partial charge in [-0.1, -0.05) is 28.1 Å². The van der Waals surface area contributed by atoms with Gasteiger partial charge in [-0.25, -0.2) is 0 Å². The number of carbonyl (C=O) groups excluding carboxylic acids is 1. The molecule has 0 bridgehead atoms. The van der Waals surface area contributed by atoms with Gasteiger partial charge in [0.25, 0.3) is 5.91 Å². The molecule has 4 rings (SSSR count). The molecule has 1 aromatic heterocycles. The minimum absolute atomic E-state index is 0.153. The van der Waals surface area contributed by atoms with Gasteiger partial charge < -0.3 is 13.9 Å². The number of rotatable bonds is 7. The van der Waals surface area contributed by atoms with Crippen molar-refractivity contribution < 1.29 is 18.7 Å². The Labute approximate surface area is 203 Å². The Morgan fingerprint density at radius 3 is 2.52 bits per heavy atom. The second-order valence-corrected chi connectivity index (χ2v) is 8.80. The first-order valence-corrected chi connectivity index (χ1v) is 11.5. The summed E-state index contributed by atoms with van der Waals surface area (Å²) in [6, 6.07) is 16.8. The maximum Gasteiger partial charge on any atom is 0.267 e. The highest BCUT2D eigenvalue weighted by Crippen LogP contribution is 2.34. The highest BCUT2D eigenvalue weighted by atomic mass is 79.9. The fourth-order valence-corrected chi connectivity index (χ4v) is 4.27. The molecule has 1 saturated heterocycles. The summed E-state index contributed by atoms with van der Waals surface area (Å²) in [5, 5.41) is 9.01. The smallest absolute Gasteiger partial charge is 0.267 e. The van der Waals surface area contributed by atoms with Crippen molar-refractivity contribution in [2.24, 2.45) is 10.2 Å². The molecule has 0 saturated carbocycles. The third-order valence-electron chi connectivity index (χ3n) is 4.71. The van der Waals surface area contributed by atoms with Crippen LogP contribution in [-0.2, 0) is 11.3 Å². The van der Waals surface area contributed by atoms with Gasteiger partial charge in [-0.2, -0.15) is 5.10 Å². The summed E-state index contributed by atoms with van der Waals surface area (Å²) in [6.45, 7) is 0.265. The predicted octanol–water partition coefficient (Wildman–Crippen LogP) is 5.57. The molecule has 2 aromatic carbocycles. The maximum atomic E-state index is 13.1. The van der Waals surface area contributed by atoms with E-state index in [1.54, 1.807) is 49.8 Å². The lowest BCUT2D eigenvalue weighted by Crippen LogP contribution is -2.28. The largest absolute Gasteiger partial charge is 0.493 e. The quantitative estimate of drug-likeness (QED) is 0.229. The molecule has 1 aliphatic heterocycles. The van der Waals surface area contributed by atoms with E-state index in [2.05, 4.69) is 26.1 Å². The molecule has 1 amide bonds. The van der Waals surface area contributed by atoms with Crippen LogP contribution in [0, 0.1) is 0 Å². The molecule has 1 fully saturated rings. The van der Waals surface area contributed by atoms with E-state index in [4.69, 9.17) is 13.9 Å². The zero-order valence-electron chi connectivity index (χ0n) is 17.9. The minimum Gasteiger partial charge on any atom is -0.493 e. The van der Waals surface area contributed by atoms with Crippen LogP contribution in [0.25, 0.3) is 6.08 Å². The van der Waals surface area contributed by atoms with E-state index in [9.17, 15) is 4.79 Å². The Morgan fingerprint density at radius 2 is 1.82 bits per heavy atom. The third kappa shape index (κ3) is 5.55. The van der Waals surface area contributed by atoms with Crippen LogP contribution < -0.4 is 9.47 Å². The van der Waals surface area contributed by atoms with Crippen LogP contribution in [0.5, 0.6) is 11.5 Å². The van der Waals surface area contributed by atoms with Gasteiger partial charge in [0, 0.05) is 4.47 Å². The van der Waals surface area contributed by atoms with Crippen molar-refractivity contribution in [3.8, 4) is 11.5 Å². The molecule has 3 aromatic rings. The summed E-state index contributed by atoms with van der Waals surface area (Å²) in [5.74, 6) is 1.73. The normalized spacial score (nSPS) is 16.3. The molecule has 0 spiro atoms. The zero-order chi connectivity index (χ0) is 23.2. The number of benzene rings is 2. The number of hydrogen-bond acceptors (Lipinski definition) is 7. The second kappa shape index (κ2) is 10.5. The van der Waals surface area contributed by atoms with Gasteiger partial charge in [0.15, 0.2) is 16.7 Å². The Balaban J connectivity index is 1.60. The predicted molar refractivity (Wildman–Crippen MR) is 134 cm³/mol. The van der Waals surface area contributed by atoms with Crippen molar-refractivity contribution in [3.63, 3.8) is 0 Å². The first kappa shape index (κ1) is 22.9. The first-order chi connectivity index (χ1) is 16.1. The Kier molecular flexibility index (Phi) is 7.31. The van der Waals surface area contributed by atoms with Crippen molar-refractivity contribution in [2.45, 2.75) is 6.54 Å². The van der Waals surface area contributed by atoms with Crippen LogP contribution in [0.1, 0.15) is 16.9 Å². The van der Waals surface area contributed by atoms with Crippen molar-refractivity contribution >= 4 is 51.1 Å². The van der Waals surface area contributed by atoms with Crippen molar-refractivity contribution in [3.05, 3.63) is 87.1 Å². The molecule has 2 heterocycles. The molecule has 0 unspecified atom stereocenters. The number of halogens is 1. The number of furan rings is 1. The number of amides is 1. The number of ether oxygens (including phenoxy) is 2. The van der Waals surface area contributed by atoms with Crippen LogP contribution in [0.4, 0.5) is 0 Å². The van der Waals surface area contributed by atoms with Crippen molar-refractivity contribution in [1.82, 2.24) is 4.90 Å². The zero-order valence-corrected chi connectivity index (χ0v) is 20.3. The summed E-state index contributed by atoms with van der Waals surface area (Å²) < 4.78 is 17.0. The summed E-state index contributed by atoms with van der Waals surface area (Å²) in [6.07, 6.45) is 5.02. The van der Waals surface area contributed by atoms with E-state index in [0.29, 0.717) is 27.3 Å². The molecule has 0 radical (unpaired) electrons. The molecule has 33 heavy (non-hydrogen) atoms. The van der Waals surface area contributed by atoms with Gasteiger partial charge >= 0.3 is 0 Å². The molecule has 0 N–H and O–H groups in total. The van der Waals surface area contributed by atoms with E-state index < -0.39 is 0 Å². The number of methoxy groups -OCH3 is 2.